The monoisotopic (exact) mass is 463 g/mol. The second-order valence-corrected chi connectivity index (χ2v) is 8.41. The van der Waals surface area contributed by atoms with E-state index in [1.165, 1.54) is 12.1 Å². The van der Waals surface area contributed by atoms with Crippen LogP contribution >= 0.6 is 11.6 Å². The molecule has 1 unspecified atom stereocenters. The molecule has 1 aromatic heterocycles. The van der Waals surface area contributed by atoms with E-state index in [1.54, 1.807) is 55.3 Å². The topological polar surface area (TPSA) is 59.8 Å². The minimum Gasteiger partial charge on any atom is -0.497 e. The number of carbonyl (C=O) groups excluding carboxylic acids is 1. The molecule has 0 bridgehead atoms. The van der Waals surface area contributed by atoms with Crippen LogP contribution < -0.4 is 10.2 Å². The van der Waals surface area contributed by atoms with Crippen LogP contribution in [0.2, 0.25) is 5.02 Å². The molecule has 1 aliphatic heterocycles. The molecule has 0 radical (unpaired) electrons. The van der Waals surface area contributed by atoms with Crippen LogP contribution in [0, 0.1) is 12.7 Å². The molecule has 0 saturated heterocycles. The van der Waals surface area contributed by atoms with Crippen molar-refractivity contribution in [2.45, 2.75) is 19.5 Å². The smallest absolute Gasteiger partial charge is 0.291 e. The Balaban J connectivity index is 1.71. The summed E-state index contributed by atoms with van der Waals surface area (Å²) in [6, 6.07) is 15.7. The van der Waals surface area contributed by atoms with Crippen molar-refractivity contribution >= 4 is 28.5 Å². The van der Waals surface area contributed by atoms with Gasteiger partial charge >= 0.3 is 0 Å². The molecule has 5 rings (SSSR count). The molecule has 4 aromatic rings. The van der Waals surface area contributed by atoms with Crippen molar-refractivity contribution in [3.05, 3.63) is 110 Å². The lowest BCUT2D eigenvalue weighted by atomic mass is 9.98. The first-order valence-corrected chi connectivity index (χ1v) is 10.7. The highest BCUT2D eigenvalue weighted by molar-refractivity contribution is 6.32. The fraction of sp³-hybridized carbons (Fsp3) is 0.154. The lowest BCUT2D eigenvalue weighted by Gasteiger charge is -2.25. The van der Waals surface area contributed by atoms with Gasteiger partial charge in [-0.25, -0.2) is 4.39 Å². The van der Waals surface area contributed by atoms with Gasteiger partial charge in [-0.15, -0.1) is 0 Å². The van der Waals surface area contributed by atoms with E-state index in [1.807, 2.05) is 12.1 Å². The highest BCUT2D eigenvalue weighted by atomic mass is 35.5. The molecule has 33 heavy (non-hydrogen) atoms. The molecule has 0 spiro atoms. The second kappa shape index (κ2) is 8.05. The average molecular weight is 464 g/mol. The number of ether oxygens (including phenoxy) is 1. The van der Waals surface area contributed by atoms with Gasteiger partial charge in [0.05, 0.1) is 24.1 Å². The van der Waals surface area contributed by atoms with Crippen molar-refractivity contribution in [2.75, 3.05) is 7.11 Å². The normalized spacial score (nSPS) is 15.2. The van der Waals surface area contributed by atoms with Crippen LogP contribution in [-0.2, 0) is 6.54 Å². The number of benzene rings is 3. The third-order valence-corrected chi connectivity index (χ3v) is 6.35. The third-order valence-electron chi connectivity index (χ3n) is 5.94. The number of carbonyl (C=O) groups is 1. The van der Waals surface area contributed by atoms with E-state index in [2.05, 4.69) is 0 Å². The zero-order valence-corrected chi connectivity index (χ0v) is 18.7. The number of halogens is 2. The van der Waals surface area contributed by atoms with Gasteiger partial charge in [-0.3, -0.25) is 9.59 Å². The van der Waals surface area contributed by atoms with Crippen molar-refractivity contribution in [3.63, 3.8) is 0 Å². The van der Waals surface area contributed by atoms with E-state index in [-0.39, 0.29) is 29.1 Å². The quantitative estimate of drug-likeness (QED) is 0.392. The van der Waals surface area contributed by atoms with Gasteiger partial charge in [0.1, 0.15) is 17.1 Å². The Bertz CT molecular complexity index is 1440. The van der Waals surface area contributed by atoms with Gasteiger partial charge in [0.15, 0.2) is 5.43 Å². The van der Waals surface area contributed by atoms with Crippen molar-refractivity contribution in [3.8, 4) is 5.75 Å². The zero-order chi connectivity index (χ0) is 23.3. The molecule has 0 saturated carbocycles. The van der Waals surface area contributed by atoms with E-state index < -0.39 is 11.9 Å². The first-order chi connectivity index (χ1) is 15.9. The van der Waals surface area contributed by atoms with E-state index in [4.69, 9.17) is 20.8 Å². The van der Waals surface area contributed by atoms with Crippen LogP contribution in [0.5, 0.6) is 5.75 Å². The van der Waals surface area contributed by atoms with Gasteiger partial charge in [0.2, 0.25) is 5.76 Å². The maximum Gasteiger partial charge on any atom is 0.291 e. The molecule has 0 fully saturated rings. The van der Waals surface area contributed by atoms with Crippen LogP contribution in [0.1, 0.15) is 38.9 Å². The number of nitrogens with zero attached hydrogens (tertiary/aromatic N) is 1. The molecule has 3 aromatic carbocycles. The summed E-state index contributed by atoms with van der Waals surface area (Å²) in [5, 5.41) is 0.766. The van der Waals surface area contributed by atoms with Gasteiger partial charge < -0.3 is 14.1 Å². The van der Waals surface area contributed by atoms with E-state index >= 15 is 0 Å². The molecule has 1 aliphatic rings. The molecule has 7 heteroatoms. The number of hydrogen-bond acceptors (Lipinski definition) is 4. The van der Waals surface area contributed by atoms with Crippen LogP contribution in [0.25, 0.3) is 11.0 Å². The Morgan fingerprint density at radius 1 is 1.06 bits per heavy atom. The summed E-state index contributed by atoms with van der Waals surface area (Å²) in [7, 11) is 1.57. The summed E-state index contributed by atoms with van der Waals surface area (Å²) in [5.74, 6) is -0.100. The predicted molar refractivity (Wildman–Crippen MR) is 123 cm³/mol. The van der Waals surface area contributed by atoms with Gasteiger partial charge in [0, 0.05) is 11.6 Å². The Hall–Kier alpha value is -3.64. The summed E-state index contributed by atoms with van der Waals surface area (Å²) in [6.45, 7) is 1.98. The molecular formula is C26H19ClFNO4. The van der Waals surface area contributed by atoms with E-state index in [0.29, 0.717) is 21.7 Å². The lowest BCUT2D eigenvalue weighted by molar-refractivity contribution is 0.0714. The van der Waals surface area contributed by atoms with Crippen LogP contribution in [-0.4, -0.2) is 17.9 Å². The second-order valence-electron chi connectivity index (χ2n) is 8.01. The summed E-state index contributed by atoms with van der Waals surface area (Å²) >= 11 is 6.27. The summed E-state index contributed by atoms with van der Waals surface area (Å²) in [6.07, 6.45) is 0. The van der Waals surface area contributed by atoms with Crippen LogP contribution in [0.4, 0.5) is 4.39 Å². The van der Waals surface area contributed by atoms with Crippen molar-refractivity contribution in [1.82, 2.24) is 4.90 Å². The average Bonchev–Trinajstić information content (AvgIpc) is 3.08. The number of rotatable bonds is 4. The van der Waals surface area contributed by atoms with Gasteiger partial charge in [-0.1, -0.05) is 35.9 Å². The number of hydrogen-bond donors (Lipinski definition) is 0. The van der Waals surface area contributed by atoms with Crippen molar-refractivity contribution in [2.24, 2.45) is 0 Å². The van der Waals surface area contributed by atoms with Crippen LogP contribution in [0.15, 0.2) is 69.9 Å². The summed E-state index contributed by atoms with van der Waals surface area (Å²) < 4.78 is 24.7. The first-order valence-electron chi connectivity index (χ1n) is 10.3. The number of methoxy groups -OCH3 is 1. The van der Waals surface area contributed by atoms with Crippen molar-refractivity contribution in [1.29, 1.82) is 0 Å². The molecule has 1 amide bonds. The first kappa shape index (κ1) is 21.2. The van der Waals surface area contributed by atoms with Crippen molar-refractivity contribution < 1.29 is 18.3 Å². The van der Waals surface area contributed by atoms with Gasteiger partial charge in [-0.2, -0.15) is 0 Å². The number of aryl methyl sites for hydroxylation is 1. The molecule has 0 aliphatic carbocycles. The Kier molecular flexibility index (Phi) is 5.17. The molecule has 5 nitrogen and oxygen atoms in total. The molecule has 1 atom stereocenters. The predicted octanol–water partition coefficient (Wildman–Crippen LogP) is 5.65. The highest BCUT2D eigenvalue weighted by Crippen LogP contribution is 2.40. The van der Waals surface area contributed by atoms with E-state index in [9.17, 15) is 14.0 Å². The number of amides is 1. The summed E-state index contributed by atoms with van der Waals surface area (Å²) in [4.78, 5) is 28.7. The van der Waals surface area contributed by atoms with E-state index in [0.717, 1.165) is 16.7 Å². The lowest BCUT2D eigenvalue weighted by Crippen LogP contribution is -2.29. The Labute approximate surface area is 194 Å². The largest absolute Gasteiger partial charge is 0.497 e. The molecule has 2 heterocycles. The third kappa shape index (κ3) is 3.56. The maximum atomic E-state index is 13.6. The Morgan fingerprint density at radius 2 is 1.76 bits per heavy atom. The van der Waals surface area contributed by atoms with Gasteiger partial charge in [0.25, 0.3) is 5.91 Å². The van der Waals surface area contributed by atoms with Crippen LogP contribution in [0.3, 0.4) is 0 Å². The van der Waals surface area contributed by atoms with Gasteiger partial charge in [-0.05, 0) is 60.0 Å². The molecule has 166 valence electrons. The molecule has 0 N–H and O–H groups in total. The Morgan fingerprint density at radius 3 is 2.42 bits per heavy atom. The zero-order valence-electron chi connectivity index (χ0n) is 17.9. The fourth-order valence-corrected chi connectivity index (χ4v) is 4.39. The maximum absolute atomic E-state index is 13.6. The molecular weight excluding hydrogens is 445 g/mol. The number of fused-ring (bicyclic) bond motifs is 2. The summed E-state index contributed by atoms with van der Waals surface area (Å²) in [5.41, 5.74) is 2.48. The highest BCUT2D eigenvalue weighted by Gasteiger charge is 2.42. The minimum atomic E-state index is -0.677. The standard InChI is InChI=1S/C26H19ClFNO4/c1-14-11-21-19(12-20(14)27)24(30)22-23(16-5-9-18(32-2)10-6-16)29(26(31)25(22)33-21)13-15-3-7-17(28)8-4-15/h3-12,23H,13H2,1-2H3. The minimum absolute atomic E-state index is 0.0113. The fourth-order valence-electron chi connectivity index (χ4n) is 4.22. The SMILES string of the molecule is COc1ccc(C2c3c(oc4cc(C)c(Cl)cc4c3=O)C(=O)N2Cc2ccc(F)cc2)cc1.